The molecule has 1 aromatic rings. The number of pyridine rings is 1. The van der Waals surface area contributed by atoms with Crippen LogP contribution in [0.5, 0.6) is 0 Å². The molecule has 4 heteroatoms. The summed E-state index contributed by atoms with van der Waals surface area (Å²) in [7, 11) is 0. The zero-order valence-corrected chi connectivity index (χ0v) is 14.0. The van der Waals surface area contributed by atoms with Gasteiger partial charge in [-0.15, -0.1) is 0 Å². The van der Waals surface area contributed by atoms with Gasteiger partial charge in [0.25, 0.3) is 0 Å². The summed E-state index contributed by atoms with van der Waals surface area (Å²) in [6, 6.07) is 4.34. The van der Waals surface area contributed by atoms with Crippen molar-refractivity contribution in [1.29, 1.82) is 0 Å². The highest BCUT2D eigenvalue weighted by atomic mass is 16.2. The van der Waals surface area contributed by atoms with Crippen molar-refractivity contribution in [2.24, 2.45) is 5.41 Å². The van der Waals surface area contributed by atoms with Gasteiger partial charge in [-0.05, 0) is 37.8 Å². The van der Waals surface area contributed by atoms with Crippen molar-refractivity contribution in [3.63, 3.8) is 0 Å². The normalized spacial score (nSPS) is 21.7. The van der Waals surface area contributed by atoms with Gasteiger partial charge in [0.1, 0.15) is 0 Å². The predicted molar refractivity (Wildman–Crippen MR) is 93.3 cm³/mol. The predicted octanol–water partition coefficient (Wildman–Crippen LogP) is 3.89. The summed E-state index contributed by atoms with van der Waals surface area (Å²) < 4.78 is 0. The number of aromatic nitrogens is 1. The first-order valence-corrected chi connectivity index (χ1v) is 9.23. The zero-order chi connectivity index (χ0) is 16.0. The van der Waals surface area contributed by atoms with Gasteiger partial charge < -0.3 is 10.6 Å². The molecule has 2 aliphatic rings. The molecule has 23 heavy (non-hydrogen) atoms. The van der Waals surface area contributed by atoms with Gasteiger partial charge in [0, 0.05) is 30.7 Å². The third-order valence-electron chi connectivity index (χ3n) is 5.56. The van der Waals surface area contributed by atoms with Gasteiger partial charge in [0.15, 0.2) is 0 Å². The highest BCUT2D eigenvalue weighted by molar-refractivity contribution is 5.95. The number of amides is 1. The second kappa shape index (κ2) is 7.91. The van der Waals surface area contributed by atoms with Crippen molar-refractivity contribution >= 4 is 11.6 Å². The maximum Gasteiger partial charge on any atom is 0.231 e. The fraction of sp³-hybridized carbons (Fsp3) is 0.684. The molecule has 3 rings (SSSR count). The molecule has 0 aromatic carbocycles. The van der Waals surface area contributed by atoms with Gasteiger partial charge in [0.05, 0.1) is 5.41 Å². The summed E-state index contributed by atoms with van der Waals surface area (Å²) in [5.41, 5.74) is 0.617. The average Bonchev–Trinajstić information content (AvgIpc) is 2.62. The van der Waals surface area contributed by atoms with Crippen LogP contribution in [-0.4, -0.2) is 23.5 Å². The molecule has 126 valence electrons. The van der Waals surface area contributed by atoms with Crippen LogP contribution in [-0.2, 0) is 4.79 Å². The van der Waals surface area contributed by atoms with E-state index >= 15 is 0 Å². The van der Waals surface area contributed by atoms with E-state index in [1.807, 2.05) is 12.1 Å². The molecular weight excluding hydrogens is 286 g/mol. The SMILES string of the molecule is O=C(Nc1ccncc1)C1(CNC2CCCCC2)CCCCC1. The summed E-state index contributed by atoms with van der Waals surface area (Å²) in [4.78, 5) is 17.0. The highest BCUT2D eigenvalue weighted by Crippen LogP contribution is 2.37. The largest absolute Gasteiger partial charge is 0.325 e. The Labute approximate surface area is 139 Å². The maximum atomic E-state index is 13.0. The van der Waals surface area contributed by atoms with E-state index in [1.165, 1.54) is 38.5 Å². The lowest BCUT2D eigenvalue weighted by Gasteiger charge is -2.38. The standard InChI is InChI=1S/C19H29N3O/c23-18(22-17-9-13-20-14-10-17)19(11-5-2-6-12-19)15-21-16-7-3-1-4-8-16/h9-10,13-14,16,21H,1-8,11-12,15H2,(H,20,22,23). The lowest BCUT2D eigenvalue weighted by Crippen LogP contribution is -2.48. The minimum absolute atomic E-state index is 0.187. The summed E-state index contributed by atoms with van der Waals surface area (Å²) in [5, 5.41) is 6.85. The highest BCUT2D eigenvalue weighted by Gasteiger charge is 2.39. The molecule has 2 aliphatic carbocycles. The molecule has 2 saturated carbocycles. The Hall–Kier alpha value is -1.42. The van der Waals surface area contributed by atoms with Gasteiger partial charge in [-0.25, -0.2) is 0 Å². The summed E-state index contributed by atoms with van der Waals surface area (Å²) in [5.74, 6) is 0.187. The monoisotopic (exact) mass is 315 g/mol. The van der Waals surface area contributed by atoms with Crippen molar-refractivity contribution in [1.82, 2.24) is 10.3 Å². The number of nitrogens with zero attached hydrogens (tertiary/aromatic N) is 1. The molecule has 2 N–H and O–H groups in total. The maximum absolute atomic E-state index is 13.0. The van der Waals surface area contributed by atoms with Gasteiger partial charge in [0.2, 0.25) is 5.91 Å². The summed E-state index contributed by atoms with van der Waals surface area (Å²) in [6.45, 7) is 0.828. The summed E-state index contributed by atoms with van der Waals surface area (Å²) in [6.07, 6.45) is 15.6. The van der Waals surface area contributed by atoms with Crippen LogP contribution in [0.25, 0.3) is 0 Å². The molecule has 0 spiro atoms. The first-order chi connectivity index (χ1) is 11.3. The fourth-order valence-electron chi connectivity index (χ4n) is 4.06. The number of hydrogen-bond donors (Lipinski definition) is 2. The Bertz CT molecular complexity index is 491. The molecule has 1 amide bonds. The Morgan fingerprint density at radius 2 is 1.70 bits per heavy atom. The zero-order valence-electron chi connectivity index (χ0n) is 14.0. The van der Waals surface area contributed by atoms with Gasteiger partial charge in [-0.1, -0.05) is 38.5 Å². The molecule has 0 unspecified atom stereocenters. The average molecular weight is 315 g/mol. The van der Waals surface area contributed by atoms with Crippen LogP contribution in [0, 0.1) is 5.41 Å². The number of hydrogen-bond acceptors (Lipinski definition) is 3. The molecule has 0 saturated heterocycles. The minimum atomic E-state index is -0.237. The third-order valence-corrected chi connectivity index (χ3v) is 5.56. The number of carbonyl (C=O) groups excluding carboxylic acids is 1. The van der Waals surface area contributed by atoms with E-state index in [1.54, 1.807) is 12.4 Å². The number of nitrogens with one attached hydrogen (secondary N) is 2. The van der Waals surface area contributed by atoms with Crippen LogP contribution in [0.1, 0.15) is 64.2 Å². The van der Waals surface area contributed by atoms with E-state index in [9.17, 15) is 4.79 Å². The van der Waals surface area contributed by atoms with E-state index in [2.05, 4.69) is 15.6 Å². The van der Waals surface area contributed by atoms with Crippen molar-refractivity contribution in [2.45, 2.75) is 70.3 Å². The molecule has 2 fully saturated rings. The number of anilines is 1. The molecule has 1 heterocycles. The Kier molecular flexibility index (Phi) is 5.65. The number of rotatable bonds is 5. The van der Waals surface area contributed by atoms with Crippen molar-refractivity contribution in [3.05, 3.63) is 24.5 Å². The van der Waals surface area contributed by atoms with E-state index < -0.39 is 0 Å². The van der Waals surface area contributed by atoms with Crippen molar-refractivity contribution < 1.29 is 4.79 Å². The van der Waals surface area contributed by atoms with E-state index in [4.69, 9.17) is 0 Å². The molecular formula is C19H29N3O. The van der Waals surface area contributed by atoms with Crippen LogP contribution in [0.3, 0.4) is 0 Å². The molecule has 4 nitrogen and oxygen atoms in total. The van der Waals surface area contributed by atoms with E-state index in [0.29, 0.717) is 6.04 Å². The van der Waals surface area contributed by atoms with Crippen LogP contribution in [0.4, 0.5) is 5.69 Å². The fourth-order valence-corrected chi connectivity index (χ4v) is 4.06. The Balaban J connectivity index is 1.64. The molecule has 0 radical (unpaired) electrons. The minimum Gasteiger partial charge on any atom is -0.325 e. The first-order valence-electron chi connectivity index (χ1n) is 9.23. The second-order valence-corrected chi connectivity index (χ2v) is 7.25. The van der Waals surface area contributed by atoms with Gasteiger partial charge in [-0.3, -0.25) is 9.78 Å². The van der Waals surface area contributed by atoms with Gasteiger partial charge in [-0.2, -0.15) is 0 Å². The Morgan fingerprint density at radius 1 is 1.04 bits per heavy atom. The topological polar surface area (TPSA) is 54.0 Å². The van der Waals surface area contributed by atoms with E-state index in [-0.39, 0.29) is 11.3 Å². The number of carbonyl (C=O) groups is 1. The second-order valence-electron chi connectivity index (χ2n) is 7.25. The van der Waals surface area contributed by atoms with Gasteiger partial charge >= 0.3 is 0 Å². The third kappa shape index (κ3) is 4.31. The summed E-state index contributed by atoms with van der Waals surface area (Å²) >= 11 is 0. The van der Waals surface area contributed by atoms with Crippen LogP contribution < -0.4 is 10.6 Å². The molecule has 0 bridgehead atoms. The lowest BCUT2D eigenvalue weighted by atomic mass is 9.73. The smallest absolute Gasteiger partial charge is 0.231 e. The Morgan fingerprint density at radius 3 is 2.39 bits per heavy atom. The molecule has 0 atom stereocenters. The molecule has 0 aliphatic heterocycles. The quantitative estimate of drug-likeness (QED) is 0.866. The lowest BCUT2D eigenvalue weighted by molar-refractivity contribution is -0.127. The van der Waals surface area contributed by atoms with Crippen molar-refractivity contribution in [2.75, 3.05) is 11.9 Å². The van der Waals surface area contributed by atoms with E-state index in [0.717, 1.165) is 37.9 Å². The van der Waals surface area contributed by atoms with Crippen LogP contribution >= 0.6 is 0 Å². The first kappa shape index (κ1) is 16.4. The molecule has 1 aromatic heterocycles. The van der Waals surface area contributed by atoms with Crippen molar-refractivity contribution in [3.8, 4) is 0 Å². The van der Waals surface area contributed by atoms with Crippen LogP contribution in [0.2, 0.25) is 0 Å². The van der Waals surface area contributed by atoms with Crippen LogP contribution in [0.15, 0.2) is 24.5 Å².